The average Bonchev–Trinajstić information content (AvgIpc) is 2.21. The molecule has 0 saturated heterocycles. The van der Waals surface area contributed by atoms with Crippen molar-refractivity contribution in [2.75, 3.05) is 0 Å². The van der Waals surface area contributed by atoms with Gasteiger partial charge in [0.25, 0.3) is 5.91 Å². The second-order valence-corrected chi connectivity index (χ2v) is 2.57. The summed E-state index contributed by atoms with van der Waals surface area (Å²) in [6, 6.07) is 10.4. The lowest BCUT2D eigenvalue weighted by Crippen LogP contribution is -2.24. The van der Waals surface area contributed by atoms with Crippen LogP contribution in [0.3, 0.4) is 0 Å². The van der Waals surface area contributed by atoms with Gasteiger partial charge >= 0.3 is 0 Å². The molecule has 0 heterocycles. The zero-order valence-corrected chi connectivity index (χ0v) is 7.27. The van der Waals surface area contributed by atoms with Crippen LogP contribution in [0.4, 0.5) is 0 Å². The molecular formula is C10H7N3O. The van der Waals surface area contributed by atoms with Gasteiger partial charge in [0.2, 0.25) is 0 Å². The fourth-order valence-electron chi connectivity index (χ4n) is 1.06. The van der Waals surface area contributed by atoms with Gasteiger partial charge in [-0.15, -0.1) is 0 Å². The van der Waals surface area contributed by atoms with E-state index in [9.17, 15) is 4.79 Å². The molecule has 4 heteroatoms. The van der Waals surface area contributed by atoms with Crippen LogP contribution in [0.1, 0.15) is 11.5 Å². The number of carbonyl (C=O) groups excluding carboxylic acids is 1. The molecule has 14 heavy (non-hydrogen) atoms. The highest BCUT2D eigenvalue weighted by atomic mass is 16.1. The van der Waals surface area contributed by atoms with Crippen LogP contribution in [-0.4, -0.2) is 5.91 Å². The Morgan fingerprint density at radius 2 is 1.93 bits per heavy atom. The van der Waals surface area contributed by atoms with Crippen LogP contribution in [-0.2, 0) is 4.79 Å². The molecule has 0 radical (unpaired) electrons. The minimum atomic E-state index is -0.921. The quantitative estimate of drug-likeness (QED) is 0.549. The van der Waals surface area contributed by atoms with Gasteiger partial charge in [-0.2, -0.15) is 10.5 Å². The molecule has 68 valence electrons. The van der Waals surface area contributed by atoms with Crippen molar-refractivity contribution in [3.63, 3.8) is 0 Å². The van der Waals surface area contributed by atoms with Crippen LogP contribution in [0, 0.1) is 22.8 Å². The van der Waals surface area contributed by atoms with Gasteiger partial charge in [-0.1, -0.05) is 30.3 Å². The van der Waals surface area contributed by atoms with Gasteiger partial charge in [0.15, 0.2) is 12.1 Å². The van der Waals surface area contributed by atoms with E-state index in [2.05, 4.69) is 0 Å². The van der Waals surface area contributed by atoms with E-state index >= 15 is 0 Å². The third-order valence-electron chi connectivity index (χ3n) is 1.70. The maximum atomic E-state index is 11.2. The topological polar surface area (TPSA) is 76.7 Å². The highest BCUT2D eigenvalue weighted by Crippen LogP contribution is 2.13. The Bertz CT molecular complexity index is 400. The molecule has 0 bridgehead atoms. The number of carbonyl (C=O) groups is 1. The monoisotopic (exact) mass is 185 g/mol. The summed E-state index contributed by atoms with van der Waals surface area (Å²) < 4.78 is 0. The molecule has 0 fully saturated rings. The van der Waals surface area contributed by atoms with Gasteiger partial charge in [0, 0.05) is 0 Å². The first-order valence-corrected chi connectivity index (χ1v) is 3.93. The van der Waals surface area contributed by atoms with Crippen molar-refractivity contribution in [3.8, 4) is 12.3 Å². The first kappa shape index (κ1) is 9.76. The Morgan fingerprint density at radius 3 is 2.43 bits per heavy atom. The minimum Gasteiger partial charge on any atom is -0.272 e. The lowest BCUT2D eigenvalue weighted by Gasteiger charge is -2.05. The van der Waals surface area contributed by atoms with Crippen LogP contribution in [0.25, 0.3) is 0 Å². The Balaban J connectivity index is 2.91. The SMILES string of the molecule is N#CNC(=O)C(C#N)c1ccccc1. The van der Waals surface area contributed by atoms with Crippen molar-refractivity contribution in [2.24, 2.45) is 0 Å². The Morgan fingerprint density at radius 1 is 1.29 bits per heavy atom. The second kappa shape index (κ2) is 4.64. The van der Waals surface area contributed by atoms with E-state index in [0.717, 1.165) is 0 Å². The molecule has 0 aliphatic heterocycles. The Labute approximate surface area is 81.4 Å². The first-order valence-electron chi connectivity index (χ1n) is 3.93. The van der Waals surface area contributed by atoms with Gasteiger partial charge in [-0.3, -0.25) is 10.1 Å². The van der Waals surface area contributed by atoms with Gasteiger partial charge in [-0.05, 0) is 5.56 Å². The van der Waals surface area contributed by atoms with E-state index in [4.69, 9.17) is 10.5 Å². The van der Waals surface area contributed by atoms with Crippen molar-refractivity contribution in [2.45, 2.75) is 5.92 Å². The summed E-state index contributed by atoms with van der Waals surface area (Å²) in [5.41, 5.74) is 0.586. The molecule has 0 aliphatic carbocycles. The van der Waals surface area contributed by atoms with Crippen molar-refractivity contribution in [1.29, 1.82) is 10.5 Å². The summed E-state index contributed by atoms with van der Waals surface area (Å²) in [6.45, 7) is 0. The van der Waals surface area contributed by atoms with Gasteiger partial charge < -0.3 is 0 Å². The molecule has 1 amide bonds. The highest BCUT2D eigenvalue weighted by Gasteiger charge is 2.18. The summed E-state index contributed by atoms with van der Waals surface area (Å²) in [5, 5.41) is 18.9. The number of nitrogens with one attached hydrogen (secondary N) is 1. The standard InChI is InChI=1S/C10H7N3O/c11-6-9(10(14)13-7-12)8-4-2-1-3-5-8/h1-5,9H,(H,13,14). The molecule has 4 nitrogen and oxygen atoms in total. The fraction of sp³-hybridized carbons (Fsp3) is 0.100. The lowest BCUT2D eigenvalue weighted by atomic mass is 10.0. The Hall–Kier alpha value is -2.33. The molecule has 1 aromatic rings. The molecule has 1 aromatic carbocycles. The maximum Gasteiger partial charge on any atom is 0.254 e. The number of hydrogen-bond acceptors (Lipinski definition) is 3. The third-order valence-corrected chi connectivity index (χ3v) is 1.70. The summed E-state index contributed by atoms with van der Waals surface area (Å²) in [6.07, 6.45) is 1.50. The minimum absolute atomic E-state index is 0.586. The molecule has 0 aliphatic rings. The molecule has 1 rings (SSSR count). The van der Waals surface area contributed by atoms with Gasteiger partial charge in [-0.25, -0.2) is 0 Å². The van der Waals surface area contributed by atoms with E-state index in [1.165, 1.54) is 6.19 Å². The summed E-state index contributed by atoms with van der Waals surface area (Å²) in [4.78, 5) is 11.2. The van der Waals surface area contributed by atoms with Crippen LogP contribution in [0.5, 0.6) is 0 Å². The number of nitrogens with zero attached hydrogens (tertiary/aromatic N) is 2. The van der Waals surface area contributed by atoms with E-state index in [-0.39, 0.29) is 0 Å². The van der Waals surface area contributed by atoms with E-state index in [0.29, 0.717) is 5.56 Å². The summed E-state index contributed by atoms with van der Waals surface area (Å²) >= 11 is 0. The van der Waals surface area contributed by atoms with E-state index in [1.807, 2.05) is 11.4 Å². The second-order valence-electron chi connectivity index (χ2n) is 2.57. The lowest BCUT2D eigenvalue weighted by molar-refractivity contribution is -0.120. The average molecular weight is 185 g/mol. The van der Waals surface area contributed by atoms with Crippen molar-refractivity contribution in [1.82, 2.24) is 5.32 Å². The van der Waals surface area contributed by atoms with E-state index < -0.39 is 11.8 Å². The van der Waals surface area contributed by atoms with Crippen LogP contribution in [0.2, 0.25) is 0 Å². The molecular weight excluding hydrogens is 178 g/mol. The van der Waals surface area contributed by atoms with Crippen LogP contribution < -0.4 is 5.32 Å². The molecule has 0 aromatic heterocycles. The number of rotatable bonds is 2. The zero-order chi connectivity index (χ0) is 10.4. The van der Waals surface area contributed by atoms with Crippen LogP contribution >= 0.6 is 0 Å². The number of amides is 1. The maximum absolute atomic E-state index is 11.2. The largest absolute Gasteiger partial charge is 0.272 e. The fourth-order valence-corrected chi connectivity index (χ4v) is 1.06. The zero-order valence-electron chi connectivity index (χ0n) is 7.27. The highest BCUT2D eigenvalue weighted by molar-refractivity contribution is 5.87. The van der Waals surface area contributed by atoms with Gasteiger partial charge in [0.05, 0.1) is 6.07 Å². The molecule has 0 spiro atoms. The first-order chi connectivity index (χ1) is 6.79. The number of benzene rings is 1. The predicted molar refractivity (Wildman–Crippen MR) is 48.6 cm³/mol. The molecule has 1 unspecified atom stereocenters. The molecule has 1 N–H and O–H groups in total. The van der Waals surface area contributed by atoms with Crippen LogP contribution in [0.15, 0.2) is 30.3 Å². The summed E-state index contributed by atoms with van der Waals surface area (Å²) in [5.74, 6) is -1.52. The normalized spacial score (nSPS) is 10.7. The predicted octanol–water partition coefficient (Wildman–Crippen LogP) is 0.891. The van der Waals surface area contributed by atoms with Crippen molar-refractivity contribution in [3.05, 3.63) is 35.9 Å². The molecule has 0 saturated carbocycles. The van der Waals surface area contributed by atoms with E-state index in [1.54, 1.807) is 30.3 Å². The number of nitriles is 2. The van der Waals surface area contributed by atoms with Gasteiger partial charge in [0.1, 0.15) is 0 Å². The third kappa shape index (κ3) is 2.09. The number of hydrogen-bond donors (Lipinski definition) is 1. The smallest absolute Gasteiger partial charge is 0.254 e. The van der Waals surface area contributed by atoms with Crippen molar-refractivity contribution >= 4 is 5.91 Å². The Kier molecular flexibility index (Phi) is 3.23. The van der Waals surface area contributed by atoms with Crippen molar-refractivity contribution < 1.29 is 4.79 Å². The summed E-state index contributed by atoms with van der Waals surface area (Å²) in [7, 11) is 0. The molecule has 1 atom stereocenters.